The Bertz CT molecular complexity index is 1090. The number of aromatic nitrogens is 1. The van der Waals surface area contributed by atoms with Crippen LogP contribution >= 0.6 is 0 Å². The molecular weight excluding hydrogens is 392 g/mol. The van der Waals surface area contributed by atoms with Gasteiger partial charge in [-0.2, -0.15) is 0 Å². The third kappa shape index (κ3) is 3.71. The van der Waals surface area contributed by atoms with Gasteiger partial charge in [0.1, 0.15) is 5.69 Å². The zero-order valence-electron chi connectivity index (χ0n) is 17.5. The number of amides is 2. The molecule has 1 aromatic heterocycles. The Hall–Kier alpha value is -3.47. The minimum atomic E-state index is -1.23. The molecule has 2 rings (SSSR count). The number of nitrogens with two attached hydrogens (primary N) is 1. The van der Waals surface area contributed by atoms with Gasteiger partial charge in [-0.25, -0.2) is 8.78 Å². The molecule has 0 aliphatic carbocycles. The third-order valence-electron chi connectivity index (χ3n) is 5.38. The molecule has 0 aliphatic heterocycles. The van der Waals surface area contributed by atoms with E-state index >= 15 is 0 Å². The summed E-state index contributed by atoms with van der Waals surface area (Å²) in [5.74, 6) is -2.33. The maximum atomic E-state index is 13.8. The number of Topliss-reactive ketones (excluding diaryl/α,β-unsaturated/α-hetero) is 1. The third-order valence-corrected chi connectivity index (χ3v) is 5.38. The summed E-state index contributed by atoms with van der Waals surface area (Å²) in [7, 11) is 1.56. The number of carbonyl (C=O) groups is 3. The van der Waals surface area contributed by atoms with E-state index in [1.165, 1.54) is 17.6 Å². The van der Waals surface area contributed by atoms with Crippen molar-refractivity contribution in [3.63, 3.8) is 0 Å². The molecule has 0 saturated carbocycles. The molecule has 2 aromatic rings. The maximum Gasteiger partial charge on any atom is 0.296 e. The Morgan fingerprint density at radius 2 is 1.80 bits per heavy atom. The second kappa shape index (κ2) is 8.11. The van der Waals surface area contributed by atoms with Crippen LogP contribution in [-0.4, -0.2) is 33.6 Å². The van der Waals surface area contributed by atoms with Crippen molar-refractivity contribution in [1.29, 1.82) is 0 Å². The smallest absolute Gasteiger partial charge is 0.296 e. The second-order valence-corrected chi connectivity index (χ2v) is 7.47. The lowest BCUT2D eigenvalue weighted by Crippen LogP contribution is -2.49. The summed E-state index contributed by atoms with van der Waals surface area (Å²) in [6, 6.07) is 3.22. The first-order valence-electron chi connectivity index (χ1n) is 9.07. The zero-order valence-corrected chi connectivity index (χ0v) is 17.5. The quantitative estimate of drug-likeness (QED) is 0.447. The van der Waals surface area contributed by atoms with Gasteiger partial charge in [0.25, 0.3) is 17.6 Å². The largest absolute Gasteiger partial charge is 0.364 e. The molecule has 8 heteroatoms. The van der Waals surface area contributed by atoms with Crippen LogP contribution in [0.3, 0.4) is 0 Å². The minimum absolute atomic E-state index is 0.0550. The molecule has 0 bridgehead atoms. The van der Waals surface area contributed by atoms with Gasteiger partial charge in [-0.3, -0.25) is 14.4 Å². The van der Waals surface area contributed by atoms with E-state index in [2.05, 4.69) is 5.92 Å². The number of ketones is 1. The van der Waals surface area contributed by atoms with Crippen molar-refractivity contribution >= 4 is 17.6 Å². The lowest BCUT2D eigenvalue weighted by molar-refractivity contribution is -0.131. The molecule has 6 nitrogen and oxygen atoms in total. The molecule has 0 fully saturated rings. The molecule has 1 heterocycles. The Balaban J connectivity index is 2.56. The molecule has 0 radical (unpaired) electrons. The van der Waals surface area contributed by atoms with Gasteiger partial charge in [-0.05, 0) is 51.0 Å². The number of rotatable bonds is 6. The van der Waals surface area contributed by atoms with Crippen LogP contribution in [0.2, 0.25) is 0 Å². The molecule has 0 spiro atoms. The molecular formula is C22H23F2N3O3. The van der Waals surface area contributed by atoms with Crippen molar-refractivity contribution in [3.8, 4) is 12.3 Å². The summed E-state index contributed by atoms with van der Waals surface area (Å²) in [5, 5.41) is 0. The molecule has 0 aliphatic rings. The van der Waals surface area contributed by atoms with Crippen molar-refractivity contribution < 1.29 is 23.2 Å². The molecule has 0 atom stereocenters. The first-order chi connectivity index (χ1) is 13.9. The Labute approximate surface area is 173 Å². The highest BCUT2D eigenvalue weighted by Gasteiger charge is 2.38. The van der Waals surface area contributed by atoms with Gasteiger partial charge in [-0.1, -0.05) is 12.0 Å². The average Bonchev–Trinajstić information content (AvgIpc) is 2.89. The summed E-state index contributed by atoms with van der Waals surface area (Å²) in [6.45, 7) is 6.01. The summed E-state index contributed by atoms with van der Waals surface area (Å²) >= 11 is 0. The van der Waals surface area contributed by atoms with E-state index in [9.17, 15) is 23.2 Å². The van der Waals surface area contributed by atoms with Gasteiger partial charge in [0.2, 0.25) is 0 Å². The highest BCUT2D eigenvalue weighted by molar-refractivity contribution is 6.43. The lowest BCUT2D eigenvalue weighted by Gasteiger charge is -2.37. The van der Waals surface area contributed by atoms with Crippen LogP contribution in [0.15, 0.2) is 18.2 Å². The maximum absolute atomic E-state index is 13.8. The second-order valence-electron chi connectivity index (χ2n) is 7.47. The van der Waals surface area contributed by atoms with E-state index in [4.69, 9.17) is 12.2 Å². The van der Waals surface area contributed by atoms with Crippen LogP contribution < -0.4 is 5.73 Å². The van der Waals surface area contributed by atoms with E-state index in [1.54, 1.807) is 27.8 Å². The first kappa shape index (κ1) is 22.8. The summed E-state index contributed by atoms with van der Waals surface area (Å²) in [6.07, 6.45) is 5.41. The molecule has 30 heavy (non-hydrogen) atoms. The van der Waals surface area contributed by atoms with Gasteiger partial charge in [0.15, 0.2) is 11.6 Å². The number of primary amides is 1. The van der Waals surface area contributed by atoms with Gasteiger partial charge in [0.05, 0.1) is 17.6 Å². The minimum Gasteiger partial charge on any atom is -0.364 e. The Kier molecular flexibility index (Phi) is 6.17. The molecule has 2 N–H and O–H groups in total. The van der Waals surface area contributed by atoms with Crippen LogP contribution in [0, 0.1) is 37.8 Å². The Morgan fingerprint density at radius 1 is 1.20 bits per heavy atom. The van der Waals surface area contributed by atoms with Crippen molar-refractivity contribution in [1.82, 2.24) is 9.47 Å². The fraction of sp³-hybridized carbons (Fsp3) is 0.318. The predicted molar refractivity (Wildman–Crippen MR) is 108 cm³/mol. The average molecular weight is 415 g/mol. The highest BCUT2D eigenvalue weighted by atomic mass is 19.2. The highest BCUT2D eigenvalue weighted by Crippen LogP contribution is 2.30. The molecule has 0 saturated heterocycles. The number of halogens is 2. The number of nitrogens with zero attached hydrogens (tertiary/aromatic N) is 2. The van der Waals surface area contributed by atoms with E-state index in [0.717, 1.165) is 17.0 Å². The normalized spacial score (nSPS) is 11.1. The van der Waals surface area contributed by atoms with Crippen LogP contribution in [0.1, 0.15) is 51.5 Å². The van der Waals surface area contributed by atoms with Gasteiger partial charge in [0, 0.05) is 12.7 Å². The summed E-state index contributed by atoms with van der Waals surface area (Å²) in [4.78, 5) is 39.2. The Morgan fingerprint density at radius 3 is 2.27 bits per heavy atom. The summed E-state index contributed by atoms with van der Waals surface area (Å²) in [5.41, 5.74) is 5.28. The van der Waals surface area contributed by atoms with E-state index in [0.29, 0.717) is 5.69 Å². The van der Waals surface area contributed by atoms with E-state index in [-0.39, 0.29) is 28.9 Å². The van der Waals surface area contributed by atoms with Gasteiger partial charge in [-0.15, -0.1) is 6.42 Å². The first-order valence-corrected chi connectivity index (χ1v) is 9.07. The summed E-state index contributed by atoms with van der Waals surface area (Å²) < 4.78 is 28.6. The van der Waals surface area contributed by atoms with E-state index in [1.807, 2.05) is 0 Å². The van der Waals surface area contributed by atoms with Crippen LogP contribution in [0.5, 0.6) is 0 Å². The van der Waals surface area contributed by atoms with Crippen molar-refractivity contribution in [2.75, 3.05) is 6.54 Å². The number of terminal acetylenes is 1. The molecule has 2 amide bonds. The van der Waals surface area contributed by atoms with Crippen molar-refractivity contribution in [2.45, 2.75) is 33.2 Å². The van der Waals surface area contributed by atoms with Crippen molar-refractivity contribution in [3.05, 3.63) is 57.9 Å². The SMILES string of the molecule is C#CCN(C(=O)C(=O)c1c(C)c(C(N)=O)n(C)c1C)C(C)(C)c1ccc(F)c(F)c1. The van der Waals surface area contributed by atoms with Gasteiger partial charge < -0.3 is 15.2 Å². The lowest BCUT2D eigenvalue weighted by atomic mass is 9.90. The predicted octanol–water partition coefficient (Wildman–Crippen LogP) is 2.60. The number of benzene rings is 1. The zero-order chi connectivity index (χ0) is 23.0. The molecule has 1 aromatic carbocycles. The number of hydrogen-bond donors (Lipinski definition) is 1. The molecule has 0 unspecified atom stereocenters. The van der Waals surface area contributed by atoms with Crippen molar-refractivity contribution in [2.24, 2.45) is 12.8 Å². The van der Waals surface area contributed by atoms with Crippen LogP contribution in [-0.2, 0) is 17.4 Å². The monoisotopic (exact) mass is 415 g/mol. The van der Waals surface area contributed by atoms with E-state index < -0.39 is 34.8 Å². The van der Waals surface area contributed by atoms with Crippen LogP contribution in [0.4, 0.5) is 8.78 Å². The fourth-order valence-electron chi connectivity index (χ4n) is 3.54. The number of hydrogen-bond acceptors (Lipinski definition) is 3. The van der Waals surface area contributed by atoms with Crippen LogP contribution in [0.25, 0.3) is 0 Å². The standard InChI is InChI=1S/C22H23F2N3O3/c1-7-10-27(22(4,5)14-8-9-15(23)16(24)11-14)21(30)19(28)17-12(2)18(20(25)29)26(6)13(17)3/h1,8-9,11H,10H2,2-6H3,(H2,25,29). The topological polar surface area (TPSA) is 85.4 Å². The fourth-order valence-corrected chi connectivity index (χ4v) is 3.54. The molecule has 158 valence electrons. The number of carbonyl (C=O) groups excluding carboxylic acids is 3. The van der Waals surface area contributed by atoms with Gasteiger partial charge >= 0.3 is 0 Å².